The molecule has 4 aromatic carbocycles. The topological polar surface area (TPSA) is 222 Å². The summed E-state index contributed by atoms with van der Waals surface area (Å²) in [6, 6.07) is 31.2. The smallest absolute Gasteiger partial charge is 0.870 e. The molecule has 0 aliphatic rings. The maximum atomic E-state index is 13.8. The average Bonchev–Trinajstić information content (AvgIpc) is 3.36. The van der Waals surface area contributed by atoms with E-state index in [1.807, 2.05) is 84.9 Å². The molecule has 0 unspecified atom stereocenters. The minimum absolute atomic E-state index is 0. The normalized spacial score (nSPS) is 10.9. The molecular formula is C55H59Cl2LiN6O9. The van der Waals surface area contributed by atoms with E-state index in [0.29, 0.717) is 69.7 Å². The number of hydrogen-bond acceptors (Lipinski definition) is 10. The van der Waals surface area contributed by atoms with Gasteiger partial charge < -0.3 is 20.8 Å². The van der Waals surface area contributed by atoms with Crippen molar-refractivity contribution in [2.75, 3.05) is 13.2 Å². The number of fused-ring (bicyclic) bond motifs is 2. The van der Waals surface area contributed by atoms with Crippen LogP contribution in [0, 0.1) is 0 Å². The first kappa shape index (κ1) is 59.2. The van der Waals surface area contributed by atoms with Gasteiger partial charge >= 0.3 is 30.2 Å². The minimum Gasteiger partial charge on any atom is -0.870 e. The molecule has 4 heterocycles. The van der Waals surface area contributed by atoms with Gasteiger partial charge in [0, 0.05) is 67.8 Å². The summed E-state index contributed by atoms with van der Waals surface area (Å²) in [6.45, 7) is 9.17. The average molecular weight is 1030 g/mol. The maximum Gasteiger partial charge on any atom is 1.00 e. The minimum atomic E-state index is -0.437. The number of aromatic nitrogens is 6. The maximum absolute atomic E-state index is 13.8. The summed E-state index contributed by atoms with van der Waals surface area (Å²) in [5.41, 5.74) is 8.48. The number of benzene rings is 4. The largest absolute Gasteiger partial charge is 1.00 e. The summed E-state index contributed by atoms with van der Waals surface area (Å²) in [5.74, 6) is 0.509. The van der Waals surface area contributed by atoms with Crippen molar-refractivity contribution in [1.82, 2.24) is 28.2 Å². The Hall–Kier alpha value is -6.41. The van der Waals surface area contributed by atoms with Gasteiger partial charge in [0.15, 0.2) is 0 Å². The summed E-state index contributed by atoms with van der Waals surface area (Å²) in [6.07, 6.45) is 4.78. The van der Waals surface area contributed by atoms with Crippen molar-refractivity contribution in [3.8, 4) is 22.5 Å². The standard InChI is InChI=1S/C28H28ClN3O4.C27H28ClN3O3.Li.2H2O/c1-18(2)21-7-4-5-8-22(21)26-23(15-19-9-11-20(29)12-10-19)25-24(16-30-26)31(3)28(35)32(27(25)34)13-6-14-36-17-33;1-17(2)20-7-4-5-8-21(20)25-22(15-18-9-11-19(28)12-10-18)24-23(16-29-25)30(3)27(34)31(26(24)33)13-6-14-32;;;/h4-5,7-12,16-18H,6,13-15H2,1-3H3;4-5,7-12,16-17,32H,6,13-15H2,1-3H3;;2*1H2/q;;+1;;/p-1. The Morgan fingerprint density at radius 2 is 1.00 bits per heavy atom. The Bertz CT molecular complexity index is 3450. The van der Waals surface area contributed by atoms with Crippen molar-refractivity contribution in [2.24, 2.45) is 14.1 Å². The van der Waals surface area contributed by atoms with Crippen LogP contribution in [0.3, 0.4) is 0 Å². The molecule has 378 valence electrons. The predicted molar refractivity (Wildman–Crippen MR) is 284 cm³/mol. The molecule has 0 aliphatic carbocycles. The molecule has 0 amide bonds. The van der Waals surface area contributed by atoms with Gasteiger partial charge in [0.1, 0.15) is 0 Å². The molecule has 0 aliphatic heterocycles. The number of ether oxygens (including phenoxy) is 1. The number of halogens is 2. The molecule has 4 N–H and O–H groups in total. The first-order chi connectivity index (χ1) is 33.7. The number of hydrogen-bond donors (Lipinski definition) is 1. The predicted octanol–water partition coefficient (Wildman–Crippen LogP) is 5.21. The number of aliphatic hydroxyl groups excluding tert-OH is 1. The number of aliphatic hydroxyl groups is 1. The summed E-state index contributed by atoms with van der Waals surface area (Å²) in [5, 5.41) is 11.5. The molecule has 0 fully saturated rings. The van der Waals surface area contributed by atoms with Gasteiger partial charge in [-0.3, -0.25) is 42.6 Å². The van der Waals surface area contributed by atoms with Crippen LogP contribution in [0.15, 0.2) is 129 Å². The van der Waals surface area contributed by atoms with E-state index >= 15 is 0 Å². The first-order valence-corrected chi connectivity index (χ1v) is 24.0. The number of aryl methyl sites for hydroxylation is 2. The van der Waals surface area contributed by atoms with Crippen molar-refractivity contribution in [3.63, 3.8) is 0 Å². The molecule has 0 saturated heterocycles. The number of carbonyl (C=O) groups excluding carboxylic acids is 1. The van der Waals surface area contributed by atoms with Crippen molar-refractivity contribution in [2.45, 2.75) is 78.3 Å². The number of nitrogens with zero attached hydrogens (tertiary/aromatic N) is 6. The van der Waals surface area contributed by atoms with Crippen LogP contribution in [0.1, 0.15) is 85.8 Å². The van der Waals surface area contributed by atoms with E-state index in [1.54, 1.807) is 26.5 Å². The van der Waals surface area contributed by atoms with Gasteiger partial charge in [0.25, 0.3) is 17.6 Å². The summed E-state index contributed by atoms with van der Waals surface area (Å²) < 4.78 is 10.1. The molecule has 8 aromatic rings. The molecule has 4 aromatic heterocycles. The summed E-state index contributed by atoms with van der Waals surface area (Å²) in [7, 11) is 3.28. The zero-order valence-electron chi connectivity index (χ0n) is 42.1. The molecule has 0 spiro atoms. The third kappa shape index (κ3) is 12.9. The van der Waals surface area contributed by atoms with E-state index in [0.717, 1.165) is 50.2 Å². The molecular weight excluding hydrogens is 966 g/mol. The Balaban J connectivity index is 0.000000304. The fourth-order valence-corrected chi connectivity index (χ4v) is 9.16. The van der Waals surface area contributed by atoms with Gasteiger partial charge in [-0.2, -0.15) is 0 Å². The quantitative estimate of drug-likeness (QED) is 0.0757. The fourth-order valence-electron chi connectivity index (χ4n) is 8.91. The van der Waals surface area contributed by atoms with Crippen molar-refractivity contribution in [3.05, 3.63) is 195 Å². The van der Waals surface area contributed by atoms with Gasteiger partial charge in [-0.15, -0.1) is 0 Å². The second-order valence-corrected chi connectivity index (χ2v) is 18.6. The molecule has 0 atom stereocenters. The number of rotatable bonds is 16. The monoisotopic (exact) mass is 1020 g/mol. The van der Waals surface area contributed by atoms with Crippen molar-refractivity contribution >= 4 is 51.5 Å². The second kappa shape index (κ2) is 26.5. The van der Waals surface area contributed by atoms with E-state index in [1.165, 1.54) is 18.3 Å². The van der Waals surface area contributed by atoms with Crippen LogP contribution < -0.4 is 41.4 Å². The van der Waals surface area contributed by atoms with E-state index in [2.05, 4.69) is 39.8 Å². The Labute approximate surface area is 444 Å². The van der Waals surface area contributed by atoms with Crippen LogP contribution in [0.25, 0.3) is 44.3 Å². The van der Waals surface area contributed by atoms with Crippen molar-refractivity contribution in [1.29, 1.82) is 0 Å². The van der Waals surface area contributed by atoms with Crippen LogP contribution in [0.5, 0.6) is 0 Å². The van der Waals surface area contributed by atoms with E-state index in [9.17, 15) is 29.1 Å². The number of pyridine rings is 2. The summed E-state index contributed by atoms with van der Waals surface area (Å²) >= 11 is 12.2. The molecule has 15 nitrogen and oxygen atoms in total. The van der Waals surface area contributed by atoms with Gasteiger partial charge in [0.05, 0.1) is 52.2 Å². The molecule has 8 rings (SSSR count). The van der Waals surface area contributed by atoms with Crippen LogP contribution in [-0.4, -0.2) is 64.0 Å². The van der Waals surface area contributed by atoms with Gasteiger partial charge in [-0.05, 0) is 82.3 Å². The SMILES string of the molecule is CC(C)c1ccccc1-c1ncc2c(c1Cc1ccc(Cl)cc1)c(=O)n(CCCO)c(=O)n2C.CC(C)c1ccccc1-c1ncc2c(c1Cc1ccc(Cl)cc1)c(=O)n(CCCOC=O)c(=O)n2C.O.[Li+].[OH-]. The van der Waals surface area contributed by atoms with Crippen LogP contribution in [0.4, 0.5) is 0 Å². The summed E-state index contributed by atoms with van der Waals surface area (Å²) in [4.78, 5) is 73.6. The number of carbonyl (C=O) groups is 1. The van der Waals surface area contributed by atoms with Gasteiger partial charge in [0.2, 0.25) is 0 Å². The van der Waals surface area contributed by atoms with Gasteiger partial charge in [-0.25, -0.2) is 9.59 Å². The van der Waals surface area contributed by atoms with Crippen LogP contribution in [0.2, 0.25) is 10.0 Å². The van der Waals surface area contributed by atoms with Crippen LogP contribution in [-0.2, 0) is 49.6 Å². The Kier molecular flexibility index (Phi) is 21.5. The third-order valence-electron chi connectivity index (χ3n) is 12.5. The zero-order valence-corrected chi connectivity index (χ0v) is 43.6. The fraction of sp³-hybridized carbons (Fsp3) is 0.291. The second-order valence-electron chi connectivity index (χ2n) is 17.8. The van der Waals surface area contributed by atoms with Crippen LogP contribution >= 0.6 is 23.2 Å². The first-order valence-electron chi connectivity index (χ1n) is 23.2. The third-order valence-corrected chi connectivity index (χ3v) is 13.0. The molecule has 0 bridgehead atoms. The molecule has 18 heteroatoms. The van der Waals surface area contributed by atoms with Crippen molar-refractivity contribution < 1.29 is 44.5 Å². The Morgan fingerprint density at radius 1 is 0.616 bits per heavy atom. The zero-order chi connectivity index (χ0) is 50.2. The Morgan fingerprint density at radius 3 is 1.37 bits per heavy atom. The van der Waals surface area contributed by atoms with E-state index in [4.69, 9.17) is 37.9 Å². The molecule has 73 heavy (non-hydrogen) atoms. The molecule has 0 saturated carbocycles. The van der Waals surface area contributed by atoms with E-state index in [-0.39, 0.29) is 79.1 Å². The van der Waals surface area contributed by atoms with E-state index < -0.39 is 11.4 Å². The molecule has 0 radical (unpaired) electrons. The van der Waals surface area contributed by atoms with Gasteiger partial charge in [-0.1, -0.05) is 124 Å².